The summed E-state index contributed by atoms with van der Waals surface area (Å²) in [6, 6.07) is 42.1. The van der Waals surface area contributed by atoms with Gasteiger partial charge in [0.05, 0.1) is 45.5 Å². The Hall–Kier alpha value is -6.71. The van der Waals surface area contributed by atoms with Crippen LogP contribution in [0.4, 0.5) is 0 Å². The van der Waals surface area contributed by atoms with Gasteiger partial charge in [0.1, 0.15) is 11.5 Å². The van der Waals surface area contributed by atoms with E-state index in [1.54, 1.807) is 78.9 Å². The van der Waals surface area contributed by atoms with E-state index in [0.717, 1.165) is 42.5 Å². The summed E-state index contributed by atoms with van der Waals surface area (Å²) >= 11 is 0. The molecule has 0 radical (unpaired) electrons. The Bertz CT molecular complexity index is 3790. The maximum atomic E-state index is 13.6. The van der Waals surface area contributed by atoms with Gasteiger partial charge in [-0.3, -0.25) is 14.4 Å². The zero-order valence-corrected chi connectivity index (χ0v) is 47.6. The zero-order chi connectivity index (χ0) is 55.8. The maximum absolute atomic E-state index is 13.6. The fourth-order valence-corrected chi connectivity index (χ4v) is 13.9. The molecule has 19 heteroatoms. The van der Waals surface area contributed by atoms with Crippen molar-refractivity contribution < 1.29 is 43.6 Å². The molecule has 9 aromatic rings. The number of aromatic nitrogens is 4. The number of nitrogens with one attached hydrogen (secondary N) is 3. The summed E-state index contributed by atoms with van der Waals surface area (Å²) in [6.07, 6.45) is 11.9. The van der Waals surface area contributed by atoms with Crippen LogP contribution in [0.15, 0.2) is 170 Å². The average Bonchev–Trinajstić information content (AvgIpc) is 4.41. The van der Waals surface area contributed by atoms with Crippen molar-refractivity contribution in [2.45, 2.75) is 95.9 Å². The molecule has 0 amide bonds. The minimum atomic E-state index is -3.90. The van der Waals surface area contributed by atoms with E-state index in [9.17, 15) is 25.3 Å². The van der Waals surface area contributed by atoms with Gasteiger partial charge < -0.3 is 24.4 Å². The number of piperidine rings is 2. The Labute approximate surface area is 469 Å². The van der Waals surface area contributed by atoms with E-state index in [1.807, 2.05) is 61.5 Å². The number of likely N-dealkylation sites (tertiary alicyclic amines) is 1. The van der Waals surface area contributed by atoms with Crippen LogP contribution in [-0.4, -0.2) is 116 Å². The van der Waals surface area contributed by atoms with Gasteiger partial charge in [0.2, 0.25) is 19.7 Å². The van der Waals surface area contributed by atoms with E-state index in [2.05, 4.69) is 30.6 Å². The minimum absolute atomic E-state index is 0.0168. The molecule has 5 heterocycles. The van der Waals surface area contributed by atoms with Crippen LogP contribution in [0.1, 0.15) is 69.8 Å². The van der Waals surface area contributed by atoms with Gasteiger partial charge >= 0.3 is 0 Å². The molecular weight excluding hydrogens is 1070 g/mol. The lowest BCUT2D eigenvalue weighted by Crippen LogP contribution is -2.31. The highest BCUT2D eigenvalue weighted by Crippen LogP contribution is 2.34. The number of sulfone groups is 2. The van der Waals surface area contributed by atoms with Crippen molar-refractivity contribution in [3.05, 3.63) is 151 Å². The second-order valence-corrected chi connectivity index (χ2v) is 25.3. The van der Waals surface area contributed by atoms with Crippen molar-refractivity contribution in [1.82, 2.24) is 30.6 Å². The SMILES string of the molecule is C1CCNCC1.C1CCOC1.Cc1ccc(S(=O)(=O)OCCCOc2ccc3n[nH]c(S(=O)(=O)c4cccc5ccccc45)c3c2)cc1.O=S(=O)(c1cccc2ccccc12)c1[nH]nc2ccc(OCCCN3CCCCC3)cc12. The molecule has 16 nitrogen and oxygen atoms in total. The monoisotopic (exact) mass is 1140 g/mol. The van der Waals surface area contributed by atoms with Crippen molar-refractivity contribution in [2.24, 2.45) is 0 Å². The molecule has 80 heavy (non-hydrogen) atoms. The highest BCUT2D eigenvalue weighted by Gasteiger charge is 2.27. The van der Waals surface area contributed by atoms with Crippen LogP contribution >= 0.6 is 0 Å². The van der Waals surface area contributed by atoms with Crippen molar-refractivity contribution in [3.63, 3.8) is 0 Å². The maximum Gasteiger partial charge on any atom is 0.296 e. The Morgan fingerprint density at radius 1 is 0.512 bits per heavy atom. The number of H-pyrrole nitrogens is 2. The molecule has 0 bridgehead atoms. The van der Waals surface area contributed by atoms with E-state index in [0.29, 0.717) is 57.1 Å². The quantitative estimate of drug-likeness (QED) is 0.0607. The van der Waals surface area contributed by atoms with E-state index in [1.165, 1.54) is 89.7 Å². The fraction of sp³-hybridized carbons (Fsp3) is 0.344. The third kappa shape index (κ3) is 14.8. The lowest BCUT2D eigenvalue weighted by Gasteiger charge is -2.26. The van der Waals surface area contributed by atoms with E-state index in [-0.39, 0.29) is 38.0 Å². The first-order valence-electron chi connectivity index (χ1n) is 27.5. The van der Waals surface area contributed by atoms with Gasteiger partial charge in [-0.05, 0) is 149 Å². The number of fused-ring (bicyclic) bond motifs is 4. The van der Waals surface area contributed by atoms with Crippen LogP contribution < -0.4 is 14.8 Å². The highest BCUT2D eigenvalue weighted by molar-refractivity contribution is 7.92. The molecule has 0 aliphatic carbocycles. The van der Waals surface area contributed by atoms with E-state index >= 15 is 0 Å². The molecule has 2 aromatic heterocycles. The molecule has 3 N–H and O–H groups in total. The van der Waals surface area contributed by atoms with Gasteiger partial charge in [0.15, 0.2) is 10.1 Å². The predicted molar refractivity (Wildman–Crippen MR) is 313 cm³/mol. The minimum Gasteiger partial charge on any atom is -0.494 e. The van der Waals surface area contributed by atoms with Crippen LogP contribution in [0.5, 0.6) is 11.5 Å². The molecule has 3 saturated heterocycles. The molecule has 0 saturated carbocycles. The molecule has 0 spiro atoms. The van der Waals surface area contributed by atoms with E-state index < -0.39 is 29.8 Å². The summed E-state index contributed by atoms with van der Waals surface area (Å²) in [6.45, 7) is 10.5. The van der Waals surface area contributed by atoms with Gasteiger partial charge in [-0.15, -0.1) is 0 Å². The summed E-state index contributed by atoms with van der Waals surface area (Å²) in [5, 5.41) is 21.2. The Morgan fingerprint density at radius 2 is 1.01 bits per heavy atom. The van der Waals surface area contributed by atoms with Crippen molar-refractivity contribution in [1.29, 1.82) is 0 Å². The predicted octanol–water partition coefficient (Wildman–Crippen LogP) is 11.4. The molecular formula is C61H70N6O10S3. The Balaban J connectivity index is 0.000000163. The summed E-state index contributed by atoms with van der Waals surface area (Å²) in [7, 11) is -11.5. The number of hydrogen-bond acceptors (Lipinski definition) is 14. The molecule has 7 aromatic carbocycles. The number of ether oxygens (including phenoxy) is 3. The first-order chi connectivity index (χ1) is 38.9. The Kier molecular flexibility index (Phi) is 20.0. The smallest absolute Gasteiger partial charge is 0.296 e. The molecule has 422 valence electrons. The first kappa shape index (κ1) is 58.0. The number of hydrogen-bond donors (Lipinski definition) is 3. The third-order valence-corrected chi connectivity index (χ3v) is 19.0. The lowest BCUT2D eigenvalue weighted by atomic mass is 10.1. The largest absolute Gasteiger partial charge is 0.494 e. The molecule has 3 aliphatic heterocycles. The highest BCUT2D eigenvalue weighted by atomic mass is 32.2. The number of aromatic amines is 2. The van der Waals surface area contributed by atoms with Crippen LogP contribution in [-0.2, 0) is 38.7 Å². The molecule has 0 unspecified atom stereocenters. The Morgan fingerprint density at radius 3 is 1.50 bits per heavy atom. The van der Waals surface area contributed by atoms with Crippen LogP contribution in [0.25, 0.3) is 43.4 Å². The number of nitrogens with zero attached hydrogens (tertiary/aromatic N) is 3. The second kappa shape index (κ2) is 27.6. The van der Waals surface area contributed by atoms with E-state index in [4.69, 9.17) is 18.4 Å². The summed E-state index contributed by atoms with van der Waals surface area (Å²) in [4.78, 5) is 3.05. The number of aryl methyl sites for hydroxylation is 1. The van der Waals surface area contributed by atoms with Crippen molar-refractivity contribution in [2.75, 3.05) is 65.8 Å². The molecule has 12 rings (SSSR count). The standard InChI is InChI=1S/C27H24N2O6S2.C25H27N3O3S.C5H11N.C4H8O/c1-19-10-13-22(14-11-19)37(32,33)35-17-5-16-34-21-12-15-25-24(18-21)27(29-28-25)36(30,31)26-9-4-7-20-6-2-3-8-23(20)26;29-32(30,24-11-6-9-19-8-2-3-10-21(19)24)25-22-18-20(12-13-23(22)26-27-25)31-17-7-16-28-14-4-1-5-15-28;1-2-4-6-5-3-1;1-2-4-5-3-1/h2-4,6-15,18H,5,16-17H2,1H3,(H,28,29);2-3,6,8-13,18H,1,4-5,7,14-17H2,(H,26,27);6H,1-5H2;1-4H2. The van der Waals surface area contributed by atoms with Crippen LogP contribution in [0, 0.1) is 6.92 Å². The summed E-state index contributed by atoms with van der Waals surface area (Å²) < 4.78 is 101. The zero-order valence-electron chi connectivity index (χ0n) is 45.1. The number of benzene rings is 7. The lowest BCUT2D eigenvalue weighted by molar-refractivity contribution is 0.198. The average molecular weight is 1140 g/mol. The summed E-state index contributed by atoms with van der Waals surface area (Å²) in [5.74, 6) is 1.09. The van der Waals surface area contributed by atoms with Gasteiger partial charge in [-0.2, -0.15) is 18.6 Å². The van der Waals surface area contributed by atoms with Gasteiger partial charge in [-0.25, -0.2) is 16.8 Å². The van der Waals surface area contributed by atoms with Gasteiger partial charge in [0, 0.05) is 47.7 Å². The van der Waals surface area contributed by atoms with Gasteiger partial charge in [0.25, 0.3) is 10.1 Å². The topological polar surface area (TPSA) is 212 Å². The van der Waals surface area contributed by atoms with Crippen LogP contribution in [0.2, 0.25) is 0 Å². The van der Waals surface area contributed by atoms with Crippen molar-refractivity contribution >= 4 is 73.1 Å². The summed E-state index contributed by atoms with van der Waals surface area (Å²) in [5.41, 5.74) is 2.04. The molecule has 0 atom stereocenters. The van der Waals surface area contributed by atoms with Crippen molar-refractivity contribution in [3.8, 4) is 11.5 Å². The fourth-order valence-electron chi connectivity index (χ4n) is 9.76. The third-order valence-electron chi connectivity index (χ3n) is 14.1. The number of rotatable bonds is 16. The van der Waals surface area contributed by atoms with Gasteiger partial charge in [-0.1, -0.05) is 103 Å². The second-order valence-electron chi connectivity index (χ2n) is 20.0. The normalized spacial score (nSPS) is 15.1. The van der Waals surface area contributed by atoms with Crippen LogP contribution in [0.3, 0.4) is 0 Å². The first-order valence-corrected chi connectivity index (χ1v) is 31.9. The molecule has 3 aliphatic rings. The molecule has 3 fully saturated rings.